The topological polar surface area (TPSA) is 95.7 Å². The van der Waals surface area contributed by atoms with Gasteiger partial charge < -0.3 is 18.6 Å². The first kappa shape index (κ1) is 16.9. The van der Waals surface area contributed by atoms with Crippen LogP contribution in [0.15, 0.2) is 52.9 Å². The summed E-state index contributed by atoms with van der Waals surface area (Å²) in [7, 11) is 0. The molecule has 8 nitrogen and oxygen atoms in total. The Bertz CT molecular complexity index is 939. The second-order valence-corrected chi connectivity index (χ2v) is 5.72. The molecule has 1 aromatic heterocycles. The van der Waals surface area contributed by atoms with E-state index in [1.807, 2.05) is 25.1 Å². The summed E-state index contributed by atoms with van der Waals surface area (Å²) in [5.41, 5.74) is 0.449. The fourth-order valence-electron chi connectivity index (χ4n) is 2.59. The fourth-order valence-corrected chi connectivity index (χ4v) is 2.59. The summed E-state index contributed by atoms with van der Waals surface area (Å²) in [6.07, 6.45) is -0.538. The zero-order valence-electron chi connectivity index (χ0n) is 14.5. The second-order valence-electron chi connectivity index (χ2n) is 5.72. The number of nitrogens with zero attached hydrogens (tertiary/aromatic N) is 2. The number of carbonyl (C=O) groups excluding carboxylic acids is 1. The third kappa shape index (κ3) is 3.69. The molecule has 0 spiro atoms. The number of nitrogens with one attached hydrogen (secondary N) is 1. The summed E-state index contributed by atoms with van der Waals surface area (Å²) in [4.78, 5) is 12.3. The van der Waals surface area contributed by atoms with Crippen molar-refractivity contribution in [1.82, 2.24) is 10.2 Å². The van der Waals surface area contributed by atoms with Gasteiger partial charge in [-0.3, -0.25) is 10.1 Å². The smallest absolute Gasteiger partial charge is 0.322 e. The Morgan fingerprint density at radius 2 is 1.93 bits per heavy atom. The molecule has 0 saturated carbocycles. The van der Waals surface area contributed by atoms with Crippen LogP contribution in [0.25, 0.3) is 0 Å². The Morgan fingerprint density at radius 3 is 2.70 bits per heavy atom. The molecule has 0 saturated heterocycles. The first-order chi connectivity index (χ1) is 13.2. The fraction of sp³-hybridized carbons (Fsp3) is 0.211. The van der Waals surface area contributed by atoms with Crippen molar-refractivity contribution in [3.05, 3.63) is 60.0 Å². The van der Waals surface area contributed by atoms with Crippen LogP contribution >= 0.6 is 0 Å². The van der Waals surface area contributed by atoms with E-state index in [-0.39, 0.29) is 24.4 Å². The van der Waals surface area contributed by atoms with Crippen molar-refractivity contribution in [3.8, 4) is 17.2 Å². The molecule has 138 valence electrons. The Morgan fingerprint density at radius 1 is 1.15 bits per heavy atom. The van der Waals surface area contributed by atoms with Gasteiger partial charge in [0.1, 0.15) is 12.4 Å². The molecule has 0 radical (unpaired) electrons. The summed E-state index contributed by atoms with van der Waals surface area (Å²) in [6.45, 7) is 2.70. The van der Waals surface area contributed by atoms with Gasteiger partial charge in [-0.15, -0.1) is 5.10 Å². The second kappa shape index (κ2) is 7.36. The highest BCUT2D eigenvalue weighted by molar-refractivity contribution is 6.03. The SMILES string of the molecule is CCOc1ccc(C(=O)Nc2nnc([C@H]3COc4ccccc4O3)o2)cc1. The summed E-state index contributed by atoms with van der Waals surface area (Å²) < 4.78 is 22.3. The number of benzene rings is 2. The van der Waals surface area contributed by atoms with Crippen LogP contribution in [0.3, 0.4) is 0 Å². The van der Waals surface area contributed by atoms with E-state index >= 15 is 0 Å². The van der Waals surface area contributed by atoms with Gasteiger partial charge in [-0.1, -0.05) is 17.2 Å². The summed E-state index contributed by atoms with van der Waals surface area (Å²) >= 11 is 0. The molecule has 1 aliphatic heterocycles. The molecule has 2 aromatic carbocycles. The van der Waals surface area contributed by atoms with E-state index in [1.54, 1.807) is 30.3 Å². The zero-order chi connectivity index (χ0) is 18.6. The van der Waals surface area contributed by atoms with Crippen molar-refractivity contribution in [3.63, 3.8) is 0 Å². The molecular formula is C19H17N3O5. The minimum Gasteiger partial charge on any atom is -0.494 e. The monoisotopic (exact) mass is 367 g/mol. The number of aromatic nitrogens is 2. The molecule has 0 bridgehead atoms. The lowest BCUT2D eigenvalue weighted by Gasteiger charge is -2.23. The molecule has 27 heavy (non-hydrogen) atoms. The normalized spacial score (nSPS) is 15.2. The highest BCUT2D eigenvalue weighted by atomic mass is 16.6. The third-order valence-electron chi connectivity index (χ3n) is 3.87. The van der Waals surface area contributed by atoms with Gasteiger partial charge in [0, 0.05) is 5.56 Å². The molecule has 4 rings (SSSR count). The van der Waals surface area contributed by atoms with Gasteiger partial charge in [-0.2, -0.15) is 0 Å². The van der Waals surface area contributed by atoms with E-state index in [4.69, 9.17) is 18.6 Å². The molecule has 1 atom stereocenters. The molecule has 3 aromatic rings. The van der Waals surface area contributed by atoms with E-state index in [2.05, 4.69) is 15.5 Å². The number of ether oxygens (including phenoxy) is 3. The van der Waals surface area contributed by atoms with Crippen LogP contribution in [0.2, 0.25) is 0 Å². The van der Waals surface area contributed by atoms with Crippen LogP contribution in [0.5, 0.6) is 17.2 Å². The van der Waals surface area contributed by atoms with Crippen LogP contribution in [-0.4, -0.2) is 29.3 Å². The van der Waals surface area contributed by atoms with Crippen LogP contribution in [0, 0.1) is 0 Å². The number of hydrogen-bond donors (Lipinski definition) is 1. The minimum absolute atomic E-state index is 0.00802. The minimum atomic E-state index is -0.538. The standard InChI is InChI=1S/C19H17N3O5/c1-2-24-13-9-7-12(8-10-13)17(23)20-19-22-21-18(27-19)16-11-25-14-5-3-4-6-15(14)26-16/h3-10,16H,2,11H2,1H3,(H,20,22,23)/t16-/m1/s1. The highest BCUT2D eigenvalue weighted by Crippen LogP contribution is 2.35. The summed E-state index contributed by atoms with van der Waals surface area (Å²) in [6, 6.07) is 14.1. The third-order valence-corrected chi connectivity index (χ3v) is 3.87. The van der Waals surface area contributed by atoms with Gasteiger partial charge in [0.15, 0.2) is 11.5 Å². The van der Waals surface area contributed by atoms with Crippen molar-refractivity contribution in [1.29, 1.82) is 0 Å². The van der Waals surface area contributed by atoms with Gasteiger partial charge in [0.05, 0.1) is 6.61 Å². The lowest BCUT2D eigenvalue weighted by atomic mass is 10.2. The average Bonchev–Trinajstić information content (AvgIpc) is 3.17. The number of anilines is 1. The first-order valence-electron chi connectivity index (χ1n) is 8.49. The zero-order valence-corrected chi connectivity index (χ0v) is 14.5. The lowest BCUT2D eigenvalue weighted by Crippen LogP contribution is -2.21. The maximum Gasteiger partial charge on any atom is 0.322 e. The molecular weight excluding hydrogens is 350 g/mol. The summed E-state index contributed by atoms with van der Waals surface area (Å²) in [5.74, 6) is 1.83. The van der Waals surface area contributed by atoms with Crippen molar-refractivity contribution in [2.75, 3.05) is 18.5 Å². The maximum absolute atomic E-state index is 12.3. The van der Waals surface area contributed by atoms with Gasteiger partial charge in [0.25, 0.3) is 11.8 Å². The number of fused-ring (bicyclic) bond motifs is 1. The van der Waals surface area contributed by atoms with Crippen LogP contribution in [0.1, 0.15) is 29.3 Å². The van der Waals surface area contributed by atoms with Crippen molar-refractivity contribution in [2.24, 2.45) is 0 Å². The van der Waals surface area contributed by atoms with Gasteiger partial charge in [0.2, 0.25) is 6.10 Å². The van der Waals surface area contributed by atoms with Gasteiger partial charge in [-0.05, 0) is 43.3 Å². The number of rotatable bonds is 5. The van der Waals surface area contributed by atoms with Crippen LogP contribution in [0.4, 0.5) is 6.01 Å². The van der Waals surface area contributed by atoms with E-state index in [0.717, 1.165) is 0 Å². The molecule has 0 unspecified atom stereocenters. The molecule has 1 amide bonds. The van der Waals surface area contributed by atoms with E-state index in [9.17, 15) is 4.79 Å². The van der Waals surface area contributed by atoms with Crippen LogP contribution < -0.4 is 19.5 Å². The Hall–Kier alpha value is -3.55. The molecule has 1 N–H and O–H groups in total. The summed E-state index contributed by atoms with van der Waals surface area (Å²) in [5, 5.41) is 10.4. The predicted molar refractivity (Wildman–Crippen MR) is 95.2 cm³/mol. The lowest BCUT2D eigenvalue weighted by molar-refractivity contribution is 0.0716. The molecule has 0 fully saturated rings. The number of amides is 1. The van der Waals surface area contributed by atoms with Crippen molar-refractivity contribution in [2.45, 2.75) is 13.0 Å². The molecule has 1 aliphatic rings. The predicted octanol–water partition coefficient (Wildman–Crippen LogP) is 3.23. The Kier molecular flexibility index (Phi) is 4.61. The van der Waals surface area contributed by atoms with E-state index < -0.39 is 6.10 Å². The van der Waals surface area contributed by atoms with E-state index in [1.165, 1.54) is 0 Å². The quantitative estimate of drug-likeness (QED) is 0.739. The largest absolute Gasteiger partial charge is 0.494 e. The van der Waals surface area contributed by atoms with Crippen molar-refractivity contribution < 1.29 is 23.4 Å². The van der Waals surface area contributed by atoms with Crippen LogP contribution in [-0.2, 0) is 0 Å². The number of para-hydroxylation sites is 2. The first-order valence-corrected chi connectivity index (χ1v) is 8.49. The van der Waals surface area contributed by atoms with Gasteiger partial charge in [-0.25, -0.2) is 0 Å². The molecule has 8 heteroatoms. The number of hydrogen-bond acceptors (Lipinski definition) is 7. The Balaban J connectivity index is 1.41. The number of carbonyl (C=O) groups is 1. The van der Waals surface area contributed by atoms with E-state index in [0.29, 0.717) is 29.4 Å². The van der Waals surface area contributed by atoms with Gasteiger partial charge >= 0.3 is 6.01 Å². The highest BCUT2D eigenvalue weighted by Gasteiger charge is 2.27. The maximum atomic E-state index is 12.3. The molecule has 0 aliphatic carbocycles. The Labute approximate surface area is 155 Å². The molecule has 2 heterocycles. The van der Waals surface area contributed by atoms with Crippen molar-refractivity contribution >= 4 is 11.9 Å². The average molecular weight is 367 g/mol.